The molecule has 0 aliphatic rings. The van der Waals surface area contributed by atoms with Crippen LogP contribution in [0.5, 0.6) is 0 Å². The van der Waals surface area contributed by atoms with Gasteiger partial charge in [-0.2, -0.15) is 0 Å². The highest BCUT2D eigenvalue weighted by atomic mass is 32.1. The second-order valence-electron chi connectivity index (χ2n) is 4.33. The fourth-order valence-electron chi connectivity index (χ4n) is 1.91. The molecule has 0 saturated heterocycles. The molecule has 3 aromatic heterocycles. The molecule has 1 N–H and O–H groups in total. The molecule has 0 spiro atoms. The quantitative estimate of drug-likeness (QED) is 0.795. The number of nitrogens with one attached hydrogen (secondary N) is 1. The molecular formula is C16H14N4S. The van der Waals surface area contributed by atoms with Crippen LogP contribution in [0.1, 0.15) is 11.3 Å². The molecule has 0 radical (unpaired) electrons. The second kappa shape index (κ2) is 6.28. The smallest absolute Gasteiger partial charge is 0.183 e. The normalized spacial score (nSPS) is 10.9. The van der Waals surface area contributed by atoms with Gasteiger partial charge < -0.3 is 5.32 Å². The van der Waals surface area contributed by atoms with E-state index in [2.05, 4.69) is 20.3 Å². The van der Waals surface area contributed by atoms with Crippen molar-refractivity contribution in [2.45, 2.75) is 0 Å². The van der Waals surface area contributed by atoms with Gasteiger partial charge in [-0.15, -0.1) is 0 Å². The first kappa shape index (κ1) is 13.5. The number of hydrogen-bond acceptors (Lipinski definition) is 5. The van der Waals surface area contributed by atoms with Crippen molar-refractivity contribution in [3.05, 3.63) is 60.3 Å². The van der Waals surface area contributed by atoms with E-state index in [0.717, 1.165) is 26.8 Å². The zero-order chi connectivity index (χ0) is 14.5. The molecule has 0 bridgehead atoms. The van der Waals surface area contributed by atoms with Crippen LogP contribution in [0.15, 0.2) is 49.1 Å². The lowest BCUT2D eigenvalue weighted by molar-refractivity contribution is 1.32. The van der Waals surface area contributed by atoms with Gasteiger partial charge in [-0.05, 0) is 41.5 Å². The van der Waals surface area contributed by atoms with Crippen molar-refractivity contribution in [2.75, 3.05) is 12.4 Å². The fraction of sp³-hybridized carbons (Fsp3) is 0.0625. The molecule has 4 nitrogen and oxygen atoms in total. The number of hydrogen-bond donors (Lipinski definition) is 1. The fourth-order valence-corrected chi connectivity index (χ4v) is 2.82. The van der Waals surface area contributed by atoms with Gasteiger partial charge in [0.15, 0.2) is 5.13 Å². The van der Waals surface area contributed by atoms with Crippen LogP contribution >= 0.6 is 11.3 Å². The van der Waals surface area contributed by atoms with E-state index in [-0.39, 0.29) is 0 Å². The molecule has 21 heavy (non-hydrogen) atoms. The summed E-state index contributed by atoms with van der Waals surface area (Å²) in [7, 11) is 1.88. The van der Waals surface area contributed by atoms with Crippen LogP contribution in [0, 0.1) is 0 Å². The molecule has 0 saturated carbocycles. The summed E-state index contributed by atoms with van der Waals surface area (Å²) in [6.45, 7) is 0. The highest BCUT2D eigenvalue weighted by molar-refractivity contribution is 7.19. The Bertz CT molecular complexity index is 735. The summed E-state index contributed by atoms with van der Waals surface area (Å²) in [4.78, 5) is 13.8. The predicted octanol–water partition coefficient (Wildman–Crippen LogP) is 3.81. The molecule has 3 rings (SSSR count). The summed E-state index contributed by atoms with van der Waals surface area (Å²) in [5.41, 5.74) is 3.18. The van der Waals surface area contributed by atoms with E-state index in [1.807, 2.05) is 43.5 Å². The average Bonchev–Trinajstić information content (AvgIpc) is 2.98. The van der Waals surface area contributed by atoms with Crippen molar-refractivity contribution in [3.63, 3.8) is 0 Å². The number of anilines is 1. The largest absolute Gasteiger partial charge is 0.365 e. The van der Waals surface area contributed by atoms with Crippen molar-refractivity contribution in [3.8, 4) is 10.4 Å². The summed E-state index contributed by atoms with van der Waals surface area (Å²) in [5.74, 6) is 0. The molecule has 0 unspecified atom stereocenters. The van der Waals surface area contributed by atoms with Gasteiger partial charge in [0, 0.05) is 31.8 Å². The minimum atomic E-state index is 0.899. The van der Waals surface area contributed by atoms with Gasteiger partial charge in [0.25, 0.3) is 0 Å². The van der Waals surface area contributed by atoms with Crippen LogP contribution < -0.4 is 5.32 Å². The first-order valence-corrected chi connectivity index (χ1v) is 7.35. The lowest BCUT2D eigenvalue weighted by Crippen LogP contribution is -1.85. The maximum Gasteiger partial charge on any atom is 0.183 e. The monoisotopic (exact) mass is 294 g/mol. The third-order valence-electron chi connectivity index (χ3n) is 2.95. The number of thiazole rings is 1. The zero-order valence-corrected chi connectivity index (χ0v) is 12.3. The molecule has 3 aromatic rings. The van der Waals surface area contributed by atoms with Crippen molar-refractivity contribution < 1.29 is 0 Å². The van der Waals surface area contributed by atoms with Gasteiger partial charge in [-0.3, -0.25) is 9.97 Å². The van der Waals surface area contributed by atoms with E-state index in [1.54, 1.807) is 36.1 Å². The standard InChI is InChI=1S/C16H14N4S/c1-17-16-20-14(3-2-12-4-8-18-9-5-12)15(21-16)13-6-10-19-11-7-13/h2-11H,1H3,(H,17,20)/b3-2+. The van der Waals surface area contributed by atoms with Crippen LogP contribution in [0.25, 0.3) is 22.6 Å². The Morgan fingerprint density at radius 3 is 2.29 bits per heavy atom. The summed E-state index contributed by atoms with van der Waals surface area (Å²) < 4.78 is 0. The Morgan fingerprint density at radius 1 is 0.952 bits per heavy atom. The summed E-state index contributed by atoms with van der Waals surface area (Å²) in [6.07, 6.45) is 11.2. The molecule has 0 aromatic carbocycles. The van der Waals surface area contributed by atoms with Crippen LogP contribution in [0.4, 0.5) is 5.13 Å². The number of rotatable bonds is 4. The molecule has 0 amide bonds. The maximum absolute atomic E-state index is 4.60. The first-order chi connectivity index (χ1) is 10.4. The molecular weight excluding hydrogens is 280 g/mol. The second-order valence-corrected chi connectivity index (χ2v) is 5.33. The lowest BCUT2D eigenvalue weighted by atomic mass is 10.1. The molecule has 5 heteroatoms. The molecule has 3 heterocycles. The topological polar surface area (TPSA) is 50.7 Å². The number of aromatic nitrogens is 3. The Morgan fingerprint density at radius 2 is 1.62 bits per heavy atom. The van der Waals surface area contributed by atoms with Gasteiger partial charge in [0.05, 0.1) is 10.6 Å². The van der Waals surface area contributed by atoms with Crippen molar-refractivity contribution in [1.82, 2.24) is 15.0 Å². The van der Waals surface area contributed by atoms with E-state index in [9.17, 15) is 0 Å². The number of nitrogens with zero attached hydrogens (tertiary/aromatic N) is 3. The Hall–Kier alpha value is -2.53. The summed E-state index contributed by atoms with van der Waals surface area (Å²) in [6, 6.07) is 7.93. The minimum absolute atomic E-state index is 0.899. The van der Waals surface area contributed by atoms with Gasteiger partial charge in [-0.1, -0.05) is 17.4 Å². The molecule has 0 aliphatic heterocycles. The highest BCUT2D eigenvalue weighted by Crippen LogP contribution is 2.33. The zero-order valence-electron chi connectivity index (χ0n) is 11.5. The third-order valence-corrected chi connectivity index (χ3v) is 4.09. The van der Waals surface area contributed by atoms with E-state index in [1.165, 1.54) is 0 Å². The van der Waals surface area contributed by atoms with Crippen molar-refractivity contribution in [1.29, 1.82) is 0 Å². The SMILES string of the molecule is CNc1nc(/C=C/c2ccncc2)c(-c2ccncc2)s1. The van der Waals surface area contributed by atoms with Crippen LogP contribution in [0.2, 0.25) is 0 Å². The van der Waals surface area contributed by atoms with Crippen LogP contribution in [-0.2, 0) is 0 Å². The molecule has 0 fully saturated rings. The predicted molar refractivity (Wildman–Crippen MR) is 88.1 cm³/mol. The number of pyridine rings is 2. The van der Waals surface area contributed by atoms with Crippen LogP contribution in [0.3, 0.4) is 0 Å². The van der Waals surface area contributed by atoms with Crippen molar-refractivity contribution in [2.24, 2.45) is 0 Å². The van der Waals surface area contributed by atoms with E-state index >= 15 is 0 Å². The molecule has 0 atom stereocenters. The first-order valence-electron chi connectivity index (χ1n) is 6.54. The summed E-state index contributed by atoms with van der Waals surface area (Å²) >= 11 is 1.63. The highest BCUT2D eigenvalue weighted by Gasteiger charge is 2.10. The lowest BCUT2D eigenvalue weighted by Gasteiger charge is -1.97. The molecule has 0 aliphatic carbocycles. The van der Waals surface area contributed by atoms with Gasteiger partial charge in [0.2, 0.25) is 0 Å². The molecule has 104 valence electrons. The Kier molecular flexibility index (Phi) is 4.02. The Balaban J connectivity index is 1.98. The van der Waals surface area contributed by atoms with E-state index < -0.39 is 0 Å². The van der Waals surface area contributed by atoms with Gasteiger partial charge in [0.1, 0.15) is 0 Å². The Labute approximate surface area is 127 Å². The van der Waals surface area contributed by atoms with Gasteiger partial charge in [-0.25, -0.2) is 4.98 Å². The van der Waals surface area contributed by atoms with Gasteiger partial charge >= 0.3 is 0 Å². The van der Waals surface area contributed by atoms with E-state index in [4.69, 9.17) is 0 Å². The minimum Gasteiger partial charge on any atom is -0.365 e. The van der Waals surface area contributed by atoms with E-state index in [0.29, 0.717) is 0 Å². The maximum atomic E-state index is 4.60. The third kappa shape index (κ3) is 3.14. The van der Waals surface area contributed by atoms with Crippen molar-refractivity contribution >= 4 is 28.6 Å². The van der Waals surface area contributed by atoms with Crippen LogP contribution in [-0.4, -0.2) is 22.0 Å². The average molecular weight is 294 g/mol. The summed E-state index contributed by atoms with van der Waals surface area (Å²) in [5, 5.41) is 4.00.